The van der Waals surface area contributed by atoms with Gasteiger partial charge < -0.3 is 24.3 Å². The van der Waals surface area contributed by atoms with Gasteiger partial charge in [0, 0.05) is 30.6 Å². The lowest BCUT2D eigenvalue weighted by molar-refractivity contribution is 0.0491. The summed E-state index contributed by atoms with van der Waals surface area (Å²) >= 11 is 0. The van der Waals surface area contributed by atoms with E-state index in [1.807, 2.05) is 32.6 Å². The van der Waals surface area contributed by atoms with Crippen LogP contribution in [0.1, 0.15) is 70.3 Å². The lowest BCUT2D eigenvalue weighted by atomic mass is 10.0. The third-order valence-corrected chi connectivity index (χ3v) is 6.53. The van der Waals surface area contributed by atoms with Gasteiger partial charge in [-0.25, -0.2) is 14.0 Å². The van der Waals surface area contributed by atoms with Gasteiger partial charge in [-0.05, 0) is 78.0 Å². The molecule has 1 aliphatic carbocycles. The van der Waals surface area contributed by atoms with Crippen molar-refractivity contribution in [1.29, 1.82) is 0 Å². The molecule has 190 valence electrons. The van der Waals surface area contributed by atoms with E-state index in [1.54, 1.807) is 17.6 Å². The van der Waals surface area contributed by atoms with E-state index in [9.17, 15) is 14.4 Å². The average molecular weight is 488 g/mol. The van der Waals surface area contributed by atoms with Crippen molar-refractivity contribution in [2.45, 2.75) is 71.6 Å². The van der Waals surface area contributed by atoms with Crippen LogP contribution in [0, 0.1) is 11.7 Å². The summed E-state index contributed by atoms with van der Waals surface area (Å²) < 4.78 is 27.3. The van der Waals surface area contributed by atoms with E-state index in [2.05, 4.69) is 5.32 Å². The number of hydrogen-bond donors (Lipinski definition) is 1. The smallest absolute Gasteiger partial charge is 0.407 e. The molecule has 1 saturated carbocycles. The third-order valence-electron chi connectivity index (χ3n) is 6.53. The maximum absolute atomic E-state index is 15.3. The molecule has 4 rings (SSSR count). The van der Waals surface area contributed by atoms with Crippen LogP contribution >= 0.6 is 0 Å². The van der Waals surface area contributed by atoms with E-state index in [1.165, 1.54) is 12.1 Å². The molecule has 1 aromatic heterocycles. The number of halogens is 1. The number of aromatic nitrogens is 1. The summed E-state index contributed by atoms with van der Waals surface area (Å²) in [6.07, 6.45) is 2.00. The fourth-order valence-electron chi connectivity index (χ4n) is 4.67. The fourth-order valence-corrected chi connectivity index (χ4v) is 4.67. The number of benzene rings is 1. The summed E-state index contributed by atoms with van der Waals surface area (Å²) in [4.78, 5) is 39.6. The van der Waals surface area contributed by atoms with Gasteiger partial charge in [0.25, 0.3) is 5.56 Å². The van der Waals surface area contributed by atoms with E-state index in [4.69, 9.17) is 9.47 Å². The number of fused-ring (bicyclic) bond motifs is 1. The van der Waals surface area contributed by atoms with Crippen LogP contribution in [0.25, 0.3) is 10.9 Å². The van der Waals surface area contributed by atoms with Crippen LogP contribution in [0.5, 0.6) is 0 Å². The first-order valence-corrected chi connectivity index (χ1v) is 12.3. The molecular formula is C26H34FN3O5. The van der Waals surface area contributed by atoms with E-state index < -0.39 is 29.0 Å². The summed E-state index contributed by atoms with van der Waals surface area (Å²) in [6, 6.07) is 4.40. The number of esters is 1. The van der Waals surface area contributed by atoms with Crippen LogP contribution in [0.3, 0.4) is 0 Å². The number of alkyl carbamates (subject to hydrolysis) is 1. The molecule has 2 aliphatic rings. The molecule has 1 amide bonds. The standard InChI is InChI=1S/C26H34FN3O5/c1-6-34-24(32)19-11-17-12-20(27)22(13-21(17)30(23(19)31)18-7-8-18)29-10-9-16(14-29)15(2)28-25(33)35-26(3,4)5/h11-13,15-16,18H,6-10,14H2,1-5H3,(H,28,33)/t15-,16?/m0/s1. The molecule has 1 aliphatic heterocycles. The van der Waals surface area contributed by atoms with Crippen LogP contribution in [0.15, 0.2) is 23.0 Å². The summed E-state index contributed by atoms with van der Waals surface area (Å²) in [6.45, 7) is 10.4. The highest BCUT2D eigenvalue weighted by atomic mass is 19.1. The Kier molecular flexibility index (Phi) is 6.79. The molecule has 0 radical (unpaired) electrons. The number of amides is 1. The second-order valence-corrected chi connectivity index (χ2v) is 10.5. The lowest BCUT2D eigenvalue weighted by Crippen LogP contribution is -2.42. The van der Waals surface area contributed by atoms with Crippen molar-refractivity contribution >= 4 is 28.7 Å². The predicted octanol–water partition coefficient (Wildman–Crippen LogP) is 4.39. The van der Waals surface area contributed by atoms with Crippen LogP contribution in [-0.4, -0.2) is 48.0 Å². The molecular weight excluding hydrogens is 453 g/mol. The quantitative estimate of drug-likeness (QED) is 0.608. The summed E-state index contributed by atoms with van der Waals surface area (Å²) in [5.41, 5.74) is -0.0100. The van der Waals surface area contributed by atoms with Crippen molar-refractivity contribution in [3.05, 3.63) is 39.9 Å². The monoisotopic (exact) mass is 487 g/mol. The average Bonchev–Trinajstić information content (AvgIpc) is 3.46. The van der Waals surface area contributed by atoms with Crippen LogP contribution in [0.2, 0.25) is 0 Å². The van der Waals surface area contributed by atoms with Crippen molar-refractivity contribution in [3.8, 4) is 0 Å². The lowest BCUT2D eigenvalue weighted by Gasteiger charge is -2.25. The Morgan fingerprint density at radius 2 is 1.91 bits per heavy atom. The van der Waals surface area contributed by atoms with Gasteiger partial charge in [0.05, 0.1) is 17.8 Å². The Balaban J connectivity index is 1.60. The highest BCUT2D eigenvalue weighted by Crippen LogP contribution is 2.38. The number of carbonyl (C=O) groups excluding carboxylic acids is 2. The zero-order valence-corrected chi connectivity index (χ0v) is 21.0. The molecule has 2 fully saturated rings. The minimum atomic E-state index is -0.688. The van der Waals surface area contributed by atoms with Gasteiger partial charge in [-0.1, -0.05) is 0 Å². The third kappa shape index (κ3) is 5.44. The van der Waals surface area contributed by atoms with Crippen molar-refractivity contribution < 1.29 is 23.5 Å². The van der Waals surface area contributed by atoms with Gasteiger partial charge in [-0.2, -0.15) is 0 Å². The first-order valence-electron chi connectivity index (χ1n) is 12.3. The normalized spacial score (nSPS) is 19.0. The zero-order valence-electron chi connectivity index (χ0n) is 21.0. The molecule has 1 saturated heterocycles. The number of nitrogens with zero attached hydrogens (tertiary/aromatic N) is 2. The Morgan fingerprint density at radius 1 is 1.20 bits per heavy atom. The summed E-state index contributed by atoms with van der Waals surface area (Å²) in [5.74, 6) is -0.983. The SMILES string of the molecule is CCOC(=O)c1cc2cc(F)c(N3CCC([C@H](C)NC(=O)OC(C)(C)C)C3)cc2n(C2CC2)c1=O. The number of rotatable bonds is 6. The number of pyridine rings is 1. The minimum absolute atomic E-state index is 0.00191. The first kappa shape index (κ1) is 25.0. The van der Waals surface area contributed by atoms with Gasteiger partial charge in [-0.3, -0.25) is 4.79 Å². The number of carbonyl (C=O) groups is 2. The second kappa shape index (κ2) is 9.51. The van der Waals surface area contributed by atoms with Crippen molar-refractivity contribution in [1.82, 2.24) is 9.88 Å². The molecule has 1 N–H and O–H groups in total. The highest BCUT2D eigenvalue weighted by molar-refractivity contribution is 5.94. The van der Waals surface area contributed by atoms with Gasteiger partial charge in [0.1, 0.15) is 17.0 Å². The van der Waals surface area contributed by atoms with Crippen LogP contribution in [-0.2, 0) is 9.47 Å². The van der Waals surface area contributed by atoms with E-state index in [0.717, 1.165) is 19.3 Å². The number of anilines is 1. The molecule has 0 spiro atoms. The van der Waals surface area contributed by atoms with Crippen LogP contribution in [0.4, 0.5) is 14.9 Å². The van der Waals surface area contributed by atoms with E-state index in [0.29, 0.717) is 29.7 Å². The molecule has 35 heavy (non-hydrogen) atoms. The number of ether oxygens (including phenoxy) is 2. The summed E-state index contributed by atoms with van der Waals surface area (Å²) in [7, 11) is 0. The minimum Gasteiger partial charge on any atom is -0.462 e. The van der Waals surface area contributed by atoms with Crippen molar-refractivity contribution in [2.75, 3.05) is 24.6 Å². The molecule has 2 aromatic rings. The van der Waals surface area contributed by atoms with Crippen molar-refractivity contribution in [3.63, 3.8) is 0 Å². The predicted molar refractivity (Wildman–Crippen MR) is 132 cm³/mol. The number of nitrogens with one attached hydrogen (secondary N) is 1. The fraction of sp³-hybridized carbons (Fsp3) is 0.577. The molecule has 2 heterocycles. The molecule has 1 aromatic carbocycles. The molecule has 0 bridgehead atoms. The van der Waals surface area contributed by atoms with E-state index >= 15 is 4.39 Å². The maximum Gasteiger partial charge on any atom is 0.407 e. The zero-order chi connectivity index (χ0) is 25.5. The summed E-state index contributed by atoms with van der Waals surface area (Å²) in [5, 5.41) is 3.39. The first-order chi connectivity index (χ1) is 16.5. The van der Waals surface area contributed by atoms with Crippen LogP contribution < -0.4 is 15.8 Å². The van der Waals surface area contributed by atoms with Gasteiger partial charge >= 0.3 is 12.1 Å². The second-order valence-electron chi connectivity index (χ2n) is 10.5. The Hall–Kier alpha value is -3.10. The van der Waals surface area contributed by atoms with Gasteiger partial charge in [0.15, 0.2) is 0 Å². The number of hydrogen-bond acceptors (Lipinski definition) is 6. The van der Waals surface area contributed by atoms with Gasteiger partial charge in [-0.15, -0.1) is 0 Å². The molecule has 9 heteroatoms. The Morgan fingerprint density at radius 3 is 2.54 bits per heavy atom. The highest BCUT2D eigenvalue weighted by Gasteiger charge is 2.32. The topological polar surface area (TPSA) is 89.9 Å². The maximum atomic E-state index is 15.3. The van der Waals surface area contributed by atoms with E-state index in [-0.39, 0.29) is 30.2 Å². The molecule has 2 atom stereocenters. The Labute approximate surface area is 204 Å². The van der Waals surface area contributed by atoms with Gasteiger partial charge in [0.2, 0.25) is 0 Å². The Bertz CT molecular complexity index is 1200. The van der Waals surface area contributed by atoms with Crippen molar-refractivity contribution in [2.24, 2.45) is 5.92 Å². The largest absolute Gasteiger partial charge is 0.462 e. The molecule has 1 unspecified atom stereocenters. The molecule has 8 nitrogen and oxygen atoms in total.